The molecule has 16 heavy (non-hydrogen) atoms. The number of carbonyl (C=O) groups is 1. The monoisotopic (exact) mass is 223 g/mol. The molecule has 2 bridgehead atoms. The van der Waals surface area contributed by atoms with Crippen LogP contribution >= 0.6 is 0 Å². The van der Waals surface area contributed by atoms with Crippen molar-refractivity contribution in [1.82, 2.24) is 5.32 Å². The molecular weight excluding hydrogens is 202 g/mol. The first-order valence-electron chi connectivity index (χ1n) is 6.67. The summed E-state index contributed by atoms with van der Waals surface area (Å²) in [7, 11) is 0. The molecule has 3 aliphatic rings. The lowest BCUT2D eigenvalue weighted by Gasteiger charge is -2.15. The summed E-state index contributed by atoms with van der Waals surface area (Å²) in [5.41, 5.74) is 0. The van der Waals surface area contributed by atoms with Crippen molar-refractivity contribution in [3.8, 4) is 0 Å². The van der Waals surface area contributed by atoms with Gasteiger partial charge in [-0.1, -0.05) is 6.92 Å². The number of aliphatic hydroxyl groups is 1. The summed E-state index contributed by atoms with van der Waals surface area (Å²) < 4.78 is 0. The average molecular weight is 223 g/mol. The van der Waals surface area contributed by atoms with Crippen LogP contribution in [0, 0.1) is 29.6 Å². The van der Waals surface area contributed by atoms with Crippen LogP contribution in [0.4, 0.5) is 0 Å². The molecule has 0 aromatic carbocycles. The lowest BCUT2D eigenvalue weighted by molar-refractivity contribution is -0.124. The molecule has 0 heterocycles. The summed E-state index contributed by atoms with van der Waals surface area (Å²) in [5.74, 6) is 3.61. The van der Waals surface area contributed by atoms with E-state index in [1.54, 1.807) is 0 Å². The van der Waals surface area contributed by atoms with Crippen LogP contribution < -0.4 is 5.32 Å². The maximum Gasteiger partial charge on any atom is 0.224 e. The van der Waals surface area contributed by atoms with Gasteiger partial charge in [0.1, 0.15) is 0 Å². The van der Waals surface area contributed by atoms with E-state index < -0.39 is 0 Å². The van der Waals surface area contributed by atoms with Crippen molar-refractivity contribution in [3.05, 3.63) is 0 Å². The van der Waals surface area contributed by atoms with E-state index in [0.717, 1.165) is 18.3 Å². The lowest BCUT2D eigenvalue weighted by Crippen LogP contribution is -2.38. The number of aliphatic hydroxyl groups excluding tert-OH is 1. The molecule has 3 heteroatoms. The zero-order valence-corrected chi connectivity index (χ0v) is 9.86. The van der Waals surface area contributed by atoms with Crippen LogP contribution in [0.25, 0.3) is 0 Å². The number of rotatable bonds is 4. The van der Waals surface area contributed by atoms with Gasteiger partial charge in [-0.2, -0.15) is 0 Å². The largest absolute Gasteiger partial charge is 0.394 e. The number of nitrogens with one attached hydrogen (secondary N) is 1. The van der Waals surface area contributed by atoms with Gasteiger partial charge in [0.25, 0.3) is 0 Å². The molecule has 3 aliphatic carbocycles. The normalized spacial score (nSPS) is 45.2. The quantitative estimate of drug-likeness (QED) is 0.751. The van der Waals surface area contributed by atoms with Crippen LogP contribution in [0.2, 0.25) is 0 Å². The van der Waals surface area contributed by atoms with Gasteiger partial charge in [-0.15, -0.1) is 0 Å². The van der Waals surface area contributed by atoms with Gasteiger partial charge < -0.3 is 10.4 Å². The second-order valence-electron chi connectivity index (χ2n) is 5.81. The Hall–Kier alpha value is -0.570. The van der Waals surface area contributed by atoms with Crippen molar-refractivity contribution in [2.24, 2.45) is 29.6 Å². The summed E-state index contributed by atoms with van der Waals surface area (Å²) in [6, 6.07) is -0.0357. The third-order valence-corrected chi connectivity index (χ3v) is 5.10. The van der Waals surface area contributed by atoms with Gasteiger partial charge in [-0.3, -0.25) is 4.79 Å². The number of carbonyl (C=O) groups excluding carboxylic acids is 1. The van der Waals surface area contributed by atoms with Gasteiger partial charge in [0.05, 0.1) is 12.6 Å². The highest BCUT2D eigenvalue weighted by Crippen LogP contribution is 2.69. The first-order chi connectivity index (χ1) is 7.76. The predicted molar refractivity (Wildman–Crippen MR) is 60.6 cm³/mol. The topological polar surface area (TPSA) is 49.3 Å². The number of amides is 1. The molecule has 3 nitrogen and oxygen atoms in total. The maximum atomic E-state index is 12.0. The molecule has 0 aromatic heterocycles. The average Bonchev–Trinajstić information content (AvgIpc) is 2.75. The summed E-state index contributed by atoms with van der Waals surface area (Å²) in [4.78, 5) is 12.0. The second-order valence-corrected chi connectivity index (χ2v) is 5.81. The minimum absolute atomic E-state index is 0.0357. The summed E-state index contributed by atoms with van der Waals surface area (Å²) in [6.45, 7) is 2.07. The van der Waals surface area contributed by atoms with Gasteiger partial charge in [-0.25, -0.2) is 0 Å². The van der Waals surface area contributed by atoms with Crippen molar-refractivity contribution in [1.29, 1.82) is 0 Å². The van der Waals surface area contributed by atoms with Crippen molar-refractivity contribution < 1.29 is 9.90 Å². The first kappa shape index (κ1) is 10.6. The van der Waals surface area contributed by atoms with Crippen molar-refractivity contribution in [2.75, 3.05) is 6.61 Å². The third-order valence-electron chi connectivity index (χ3n) is 5.10. The zero-order valence-electron chi connectivity index (χ0n) is 9.86. The second kappa shape index (κ2) is 3.73. The Labute approximate surface area is 96.6 Å². The van der Waals surface area contributed by atoms with Crippen LogP contribution in [-0.4, -0.2) is 23.7 Å². The van der Waals surface area contributed by atoms with E-state index in [9.17, 15) is 4.79 Å². The minimum Gasteiger partial charge on any atom is -0.394 e. The fraction of sp³-hybridized carbons (Fsp3) is 0.923. The van der Waals surface area contributed by atoms with Crippen LogP contribution in [0.5, 0.6) is 0 Å². The molecule has 1 amide bonds. The first-order valence-corrected chi connectivity index (χ1v) is 6.67. The predicted octanol–water partition coefficient (Wildman–Crippen LogP) is 1.17. The Kier molecular flexibility index (Phi) is 2.46. The smallest absolute Gasteiger partial charge is 0.224 e. The Morgan fingerprint density at radius 1 is 1.38 bits per heavy atom. The molecule has 3 rings (SSSR count). The SMILES string of the molecule is CC[C@@H](CO)NC(=O)C1C2C3CCC(C3)C12. The Morgan fingerprint density at radius 3 is 2.50 bits per heavy atom. The third kappa shape index (κ3) is 1.41. The number of fused-ring (bicyclic) bond motifs is 5. The van der Waals surface area contributed by atoms with Crippen LogP contribution in [0.1, 0.15) is 32.6 Å². The van der Waals surface area contributed by atoms with Crippen LogP contribution in [-0.2, 0) is 4.79 Å². The van der Waals surface area contributed by atoms with E-state index >= 15 is 0 Å². The highest BCUT2D eigenvalue weighted by molar-refractivity contribution is 5.83. The summed E-state index contributed by atoms with van der Waals surface area (Å²) >= 11 is 0. The molecule has 5 atom stereocenters. The lowest BCUT2D eigenvalue weighted by atomic mass is 10.0. The summed E-state index contributed by atoms with van der Waals surface area (Å²) in [6.07, 6.45) is 4.91. The number of hydrogen-bond donors (Lipinski definition) is 2. The van der Waals surface area contributed by atoms with E-state index in [1.807, 2.05) is 6.92 Å². The van der Waals surface area contributed by atoms with E-state index in [4.69, 9.17) is 5.11 Å². The van der Waals surface area contributed by atoms with E-state index in [-0.39, 0.29) is 18.6 Å². The summed E-state index contributed by atoms with van der Waals surface area (Å²) in [5, 5.41) is 12.1. The Morgan fingerprint density at radius 2 is 2.00 bits per heavy atom. The zero-order chi connectivity index (χ0) is 11.3. The minimum atomic E-state index is -0.0357. The van der Waals surface area contributed by atoms with Gasteiger partial charge in [0.15, 0.2) is 0 Å². The Balaban J connectivity index is 1.58. The molecule has 0 spiro atoms. The molecule has 3 fully saturated rings. The molecule has 90 valence electrons. The standard InChI is InChI=1S/C13H21NO2/c1-2-9(6-15)14-13(16)12-10-7-3-4-8(5-7)11(10)12/h7-12,15H,2-6H2,1H3,(H,14,16)/t7?,8?,9-,10?,11?,12?/m0/s1. The molecule has 3 saturated carbocycles. The fourth-order valence-corrected chi connectivity index (χ4v) is 4.25. The molecule has 0 saturated heterocycles. The Bertz CT molecular complexity index is 284. The molecular formula is C13H21NO2. The van der Waals surface area contributed by atoms with Gasteiger partial charge in [0, 0.05) is 5.92 Å². The highest BCUT2D eigenvalue weighted by atomic mass is 16.3. The van der Waals surface area contributed by atoms with E-state index in [0.29, 0.717) is 17.8 Å². The van der Waals surface area contributed by atoms with Crippen molar-refractivity contribution >= 4 is 5.91 Å². The van der Waals surface area contributed by atoms with Crippen LogP contribution in [0.15, 0.2) is 0 Å². The van der Waals surface area contributed by atoms with E-state index in [1.165, 1.54) is 19.3 Å². The van der Waals surface area contributed by atoms with Gasteiger partial charge >= 0.3 is 0 Å². The molecule has 4 unspecified atom stereocenters. The molecule has 0 aliphatic heterocycles. The molecule has 2 N–H and O–H groups in total. The highest BCUT2D eigenvalue weighted by Gasteiger charge is 2.67. The maximum absolute atomic E-state index is 12.0. The van der Waals surface area contributed by atoms with Crippen molar-refractivity contribution in [2.45, 2.75) is 38.6 Å². The fourth-order valence-electron chi connectivity index (χ4n) is 4.25. The van der Waals surface area contributed by atoms with Crippen LogP contribution in [0.3, 0.4) is 0 Å². The van der Waals surface area contributed by atoms with Gasteiger partial charge in [-0.05, 0) is 49.4 Å². The number of hydrogen-bond acceptors (Lipinski definition) is 2. The molecule has 0 aromatic rings. The van der Waals surface area contributed by atoms with Gasteiger partial charge in [0.2, 0.25) is 5.91 Å². The molecule has 0 radical (unpaired) electrons. The van der Waals surface area contributed by atoms with Crippen molar-refractivity contribution in [3.63, 3.8) is 0 Å². The van der Waals surface area contributed by atoms with E-state index in [2.05, 4.69) is 5.32 Å².